The van der Waals surface area contributed by atoms with Gasteiger partial charge in [0.2, 0.25) is 0 Å². The highest BCUT2D eigenvalue weighted by Crippen LogP contribution is 2.20. The molecule has 0 aliphatic carbocycles. The van der Waals surface area contributed by atoms with E-state index in [1.807, 2.05) is 6.92 Å². The molecule has 0 fully saturated rings. The predicted molar refractivity (Wildman–Crippen MR) is 122 cm³/mol. The minimum atomic E-state index is -3.97. The van der Waals surface area contributed by atoms with Crippen molar-refractivity contribution in [3.63, 3.8) is 0 Å². The summed E-state index contributed by atoms with van der Waals surface area (Å²) < 4.78 is 51.2. The van der Waals surface area contributed by atoms with Gasteiger partial charge in [-0.1, -0.05) is 6.07 Å². The maximum Gasteiger partial charge on any atom is 0.276 e. The maximum atomic E-state index is 12.9. The Labute approximate surface area is 195 Å². The minimum absolute atomic E-state index is 0.00863. The lowest BCUT2D eigenvalue weighted by atomic mass is 10.2. The average Bonchev–Trinajstić information content (AvgIpc) is 2.83. The van der Waals surface area contributed by atoms with Gasteiger partial charge in [-0.05, 0) is 73.7 Å². The lowest BCUT2D eigenvalue weighted by molar-refractivity contribution is -0.123. The molecular weight excluding hydrogens is 465 g/mol. The number of hydrazine groups is 1. The highest BCUT2D eigenvalue weighted by molar-refractivity contribution is 7.92. The molecule has 0 atom stereocenters. The number of ether oxygens (including phenoxy) is 2. The van der Waals surface area contributed by atoms with Crippen molar-refractivity contribution in [3.05, 3.63) is 84.2 Å². The number of hydrogen-bond acceptors (Lipinski definition) is 6. The van der Waals surface area contributed by atoms with Crippen LogP contribution in [-0.4, -0.2) is 33.4 Å². The van der Waals surface area contributed by atoms with E-state index in [4.69, 9.17) is 9.47 Å². The number of halogens is 1. The van der Waals surface area contributed by atoms with E-state index >= 15 is 0 Å². The molecule has 2 amide bonds. The van der Waals surface area contributed by atoms with Gasteiger partial charge >= 0.3 is 0 Å². The first-order chi connectivity index (χ1) is 16.3. The van der Waals surface area contributed by atoms with E-state index in [9.17, 15) is 22.4 Å². The molecule has 3 aromatic rings. The first-order valence-corrected chi connectivity index (χ1v) is 11.6. The second kappa shape index (κ2) is 11.1. The Bertz CT molecular complexity index is 1250. The van der Waals surface area contributed by atoms with Gasteiger partial charge in [0.1, 0.15) is 17.3 Å². The molecule has 3 N–H and O–H groups in total. The monoisotopic (exact) mass is 487 g/mol. The van der Waals surface area contributed by atoms with Crippen LogP contribution in [0.4, 0.5) is 10.1 Å². The summed E-state index contributed by atoms with van der Waals surface area (Å²) in [5.74, 6) is -0.954. The Balaban J connectivity index is 1.57. The summed E-state index contributed by atoms with van der Waals surface area (Å²) in [4.78, 5) is 24.1. The van der Waals surface area contributed by atoms with Crippen molar-refractivity contribution >= 4 is 27.5 Å². The van der Waals surface area contributed by atoms with Crippen molar-refractivity contribution in [2.24, 2.45) is 0 Å². The van der Waals surface area contributed by atoms with Crippen molar-refractivity contribution in [1.82, 2.24) is 10.9 Å². The number of sulfonamides is 1. The summed E-state index contributed by atoms with van der Waals surface area (Å²) in [6.07, 6.45) is 0. The molecule has 34 heavy (non-hydrogen) atoms. The van der Waals surface area contributed by atoms with Crippen LogP contribution in [0.15, 0.2) is 77.7 Å². The number of hydrogen-bond donors (Lipinski definition) is 3. The van der Waals surface area contributed by atoms with Crippen LogP contribution in [0, 0.1) is 5.82 Å². The second-order valence-electron chi connectivity index (χ2n) is 6.84. The van der Waals surface area contributed by atoms with Crippen molar-refractivity contribution in [2.75, 3.05) is 17.9 Å². The number of rotatable bonds is 9. The standard InChI is InChI=1S/C23H22FN3O6S/c1-2-32-19-12-8-18(9-13-19)27-34(30,31)21-5-3-4-16(14-21)23(29)26-25-22(28)15-33-20-10-6-17(24)7-11-20/h3-14,27H,2,15H2,1H3,(H,25,28)(H,26,29). The van der Waals surface area contributed by atoms with E-state index in [0.29, 0.717) is 18.0 Å². The topological polar surface area (TPSA) is 123 Å². The smallest absolute Gasteiger partial charge is 0.276 e. The van der Waals surface area contributed by atoms with Crippen LogP contribution in [0.3, 0.4) is 0 Å². The lowest BCUT2D eigenvalue weighted by Gasteiger charge is -2.11. The van der Waals surface area contributed by atoms with Gasteiger partial charge in [-0.25, -0.2) is 12.8 Å². The molecule has 11 heteroatoms. The second-order valence-corrected chi connectivity index (χ2v) is 8.52. The van der Waals surface area contributed by atoms with E-state index in [0.717, 1.165) is 0 Å². The molecule has 178 valence electrons. The molecule has 0 spiro atoms. The van der Waals surface area contributed by atoms with Crippen molar-refractivity contribution < 1.29 is 31.9 Å². The summed E-state index contributed by atoms with van der Waals surface area (Å²) in [5, 5.41) is 0. The summed E-state index contributed by atoms with van der Waals surface area (Å²) >= 11 is 0. The van der Waals surface area contributed by atoms with E-state index in [2.05, 4.69) is 15.6 Å². The number of amides is 2. The predicted octanol–water partition coefficient (Wildman–Crippen LogP) is 2.87. The van der Waals surface area contributed by atoms with Gasteiger partial charge in [-0.15, -0.1) is 0 Å². The number of carbonyl (C=O) groups excluding carboxylic acids is 2. The summed E-state index contributed by atoms with van der Waals surface area (Å²) in [5.41, 5.74) is 4.68. The van der Waals surface area contributed by atoms with Crippen molar-refractivity contribution in [3.8, 4) is 11.5 Å². The third-order valence-electron chi connectivity index (χ3n) is 4.32. The molecule has 0 saturated carbocycles. The average molecular weight is 488 g/mol. The molecule has 0 radical (unpaired) electrons. The highest BCUT2D eigenvalue weighted by atomic mass is 32.2. The molecule has 0 saturated heterocycles. The van der Waals surface area contributed by atoms with Crippen LogP contribution < -0.4 is 25.0 Å². The van der Waals surface area contributed by atoms with Gasteiger partial charge in [0.15, 0.2) is 6.61 Å². The van der Waals surface area contributed by atoms with Crippen molar-refractivity contribution in [1.29, 1.82) is 0 Å². The van der Waals surface area contributed by atoms with Crippen molar-refractivity contribution in [2.45, 2.75) is 11.8 Å². The van der Waals surface area contributed by atoms with Gasteiger partial charge in [0.05, 0.1) is 11.5 Å². The van der Waals surface area contributed by atoms with Crippen LogP contribution >= 0.6 is 0 Å². The lowest BCUT2D eigenvalue weighted by Crippen LogP contribution is -2.43. The van der Waals surface area contributed by atoms with Crippen LogP contribution in [0.25, 0.3) is 0 Å². The molecule has 0 aliphatic heterocycles. The van der Waals surface area contributed by atoms with Gasteiger partial charge in [0.25, 0.3) is 21.8 Å². The SMILES string of the molecule is CCOc1ccc(NS(=O)(=O)c2cccc(C(=O)NNC(=O)COc3ccc(F)cc3)c2)cc1. The molecule has 0 heterocycles. The molecule has 3 aromatic carbocycles. The number of anilines is 1. The number of benzene rings is 3. The zero-order valence-corrected chi connectivity index (χ0v) is 18.9. The Morgan fingerprint density at radius 1 is 0.882 bits per heavy atom. The summed E-state index contributed by atoms with van der Waals surface area (Å²) in [7, 11) is -3.97. The van der Waals surface area contributed by atoms with Gasteiger partial charge in [-0.3, -0.25) is 25.2 Å². The molecular formula is C23H22FN3O6S. The number of carbonyl (C=O) groups is 2. The Hall–Kier alpha value is -4.12. The van der Waals surface area contributed by atoms with Gasteiger partial charge in [0, 0.05) is 11.3 Å². The van der Waals surface area contributed by atoms with E-state index in [1.165, 1.54) is 48.5 Å². The molecule has 0 aliphatic rings. The largest absolute Gasteiger partial charge is 0.494 e. The first-order valence-electron chi connectivity index (χ1n) is 10.1. The Kier molecular flexibility index (Phi) is 8.04. The van der Waals surface area contributed by atoms with E-state index in [1.54, 1.807) is 24.3 Å². The molecule has 0 bridgehead atoms. The fourth-order valence-electron chi connectivity index (χ4n) is 2.72. The van der Waals surface area contributed by atoms with Crippen LogP contribution in [0.1, 0.15) is 17.3 Å². The first kappa shape index (κ1) is 24.5. The fraction of sp³-hybridized carbons (Fsp3) is 0.130. The van der Waals surface area contributed by atoms with Gasteiger partial charge in [-0.2, -0.15) is 0 Å². The normalized spacial score (nSPS) is 10.8. The van der Waals surface area contributed by atoms with E-state index < -0.39 is 34.3 Å². The van der Waals surface area contributed by atoms with Gasteiger partial charge < -0.3 is 9.47 Å². The zero-order valence-electron chi connectivity index (χ0n) is 18.1. The third kappa shape index (κ3) is 6.94. The molecule has 3 rings (SSSR count). The quantitative estimate of drug-likeness (QED) is 0.399. The van der Waals surface area contributed by atoms with E-state index in [-0.39, 0.29) is 16.2 Å². The Morgan fingerprint density at radius 3 is 2.21 bits per heavy atom. The van der Waals surface area contributed by atoms with Crippen LogP contribution in [0.5, 0.6) is 11.5 Å². The zero-order chi connectivity index (χ0) is 24.6. The fourth-order valence-corrected chi connectivity index (χ4v) is 3.82. The minimum Gasteiger partial charge on any atom is -0.494 e. The highest BCUT2D eigenvalue weighted by Gasteiger charge is 2.17. The number of nitrogens with one attached hydrogen (secondary N) is 3. The van der Waals surface area contributed by atoms with Crippen LogP contribution in [-0.2, 0) is 14.8 Å². The summed E-state index contributed by atoms with van der Waals surface area (Å²) in [6.45, 7) is 1.90. The molecule has 0 aromatic heterocycles. The Morgan fingerprint density at radius 2 is 1.53 bits per heavy atom. The third-order valence-corrected chi connectivity index (χ3v) is 5.70. The summed E-state index contributed by atoms with van der Waals surface area (Å²) in [6, 6.07) is 16.8. The maximum absolute atomic E-state index is 12.9. The van der Waals surface area contributed by atoms with Crippen LogP contribution in [0.2, 0.25) is 0 Å². The molecule has 9 nitrogen and oxygen atoms in total. The molecule has 0 unspecified atom stereocenters.